The van der Waals surface area contributed by atoms with Crippen molar-refractivity contribution in [2.45, 2.75) is 40.0 Å². The molecule has 25 heavy (non-hydrogen) atoms. The Morgan fingerprint density at radius 1 is 1.12 bits per heavy atom. The summed E-state index contributed by atoms with van der Waals surface area (Å²) in [6.07, 6.45) is 3.57. The van der Waals surface area contributed by atoms with Gasteiger partial charge in [0, 0.05) is 17.1 Å². The van der Waals surface area contributed by atoms with Crippen LogP contribution in [0.25, 0.3) is 16.3 Å². The van der Waals surface area contributed by atoms with Gasteiger partial charge in [-0.2, -0.15) is 0 Å². The highest BCUT2D eigenvalue weighted by molar-refractivity contribution is 8.07. The average Bonchev–Trinajstić information content (AvgIpc) is 2.96. The van der Waals surface area contributed by atoms with Crippen molar-refractivity contribution < 1.29 is 0 Å². The Bertz CT molecular complexity index is 928. The van der Waals surface area contributed by atoms with Gasteiger partial charge in [0.2, 0.25) is 0 Å². The monoisotopic (exact) mass is 347 g/mol. The average molecular weight is 348 g/mol. The highest BCUT2D eigenvalue weighted by Gasteiger charge is 2.30. The molecule has 0 spiro atoms. The second-order valence-electron chi connectivity index (χ2n) is 7.12. The third-order valence-electron chi connectivity index (χ3n) is 5.22. The Balaban J connectivity index is 1.91. The van der Waals surface area contributed by atoms with Crippen molar-refractivity contribution in [1.82, 2.24) is 4.90 Å². The van der Waals surface area contributed by atoms with Crippen LogP contribution >= 0.6 is 11.8 Å². The largest absolute Gasteiger partial charge is 0.336 e. The van der Waals surface area contributed by atoms with E-state index >= 15 is 0 Å². The van der Waals surface area contributed by atoms with Gasteiger partial charge in [-0.3, -0.25) is 0 Å². The molecule has 4 rings (SSSR count). The van der Waals surface area contributed by atoms with Crippen LogP contribution in [-0.4, -0.2) is 11.4 Å². The van der Waals surface area contributed by atoms with Crippen LogP contribution in [0.3, 0.4) is 0 Å². The van der Waals surface area contributed by atoms with Gasteiger partial charge in [0.05, 0.1) is 5.03 Å². The summed E-state index contributed by atoms with van der Waals surface area (Å²) in [6.45, 7) is 12.0. The molecule has 1 heterocycles. The van der Waals surface area contributed by atoms with Gasteiger partial charge >= 0.3 is 0 Å². The number of hydrogen-bond acceptors (Lipinski definition) is 2. The lowest BCUT2D eigenvalue weighted by Crippen LogP contribution is -2.15. The second kappa shape index (κ2) is 6.42. The van der Waals surface area contributed by atoms with E-state index in [1.54, 1.807) is 0 Å². The van der Waals surface area contributed by atoms with Crippen molar-refractivity contribution in [3.8, 4) is 0 Å². The number of thioether (sulfide) groups is 1. The molecule has 1 aliphatic carbocycles. The lowest BCUT2D eigenvalue weighted by Gasteiger charge is -2.23. The fraction of sp³-hybridized carbons (Fsp3) is 0.304. The SMILES string of the molecule is C=C1/C(=C2/CCCc3cc4ccccc4cc32)SC(=C(C)C)N1CC. The van der Waals surface area contributed by atoms with E-state index in [9.17, 15) is 0 Å². The van der Waals surface area contributed by atoms with Gasteiger partial charge in [-0.05, 0) is 79.1 Å². The topological polar surface area (TPSA) is 3.24 Å². The van der Waals surface area contributed by atoms with Crippen molar-refractivity contribution in [2.24, 2.45) is 0 Å². The highest BCUT2D eigenvalue weighted by atomic mass is 32.2. The number of fused-ring (bicyclic) bond motifs is 2. The highest BCUT2D eigenvalue weighted by Crippen LogP contribution is 2.50. The van der Waals surface area contributed by atoms with Gasteiger partial charge in [-0.25, -0.2) is 0 Å². The minimum atomic E-state index is 0.980. The molecule has 0 N–H and O–H groups in total. The molecule has 0 aromatic heterocycles. The van der Waals surface area contributed by atoms with Crippen LogP contribution in [0.2, 0.25) is 0 Å². The van der Waals surface area contributed by atoms with E-state index in [0.717, 1.165) is 13.0 Å². The first kappa shape index (κ1) is 16.5. The van der Waals surface area contributed by atoms with E-state index in [-0.39, 0.29) is 0 Å². The van der Waals surface area contributed by atoms with E-state index in [1.807, 2.05) is 11.8 Å². The van der Waals surface area contributed by atoms with Gasteiger partial charge in [-0.1, -0.05) is 48.7 Å². The second-order valence-corrected chi connectivity index (χ2v) is 8.11. The minimum absolute atomic E-state index is 0.980. The first-order chi connectivity index (χ1) is 12.1. The summed E-state index contributed by atoms with van der Waals surface area (Å²) in [4.78, 5) is 3.76. The molecule has 0 radical (unpaired) electrons. The molecule has 2 aliphatic rings. The normalized spacial score (nSPS) is 20.4. The van der Waals surface area contributed by atoms with Crippen LogP contribution < -0.4 is 0 Å². The molecule has 1 nitrogen and oxygen atoms in total. The predicted molar refractivity (Wildman–Crippen MR) is 111 cm³/mol. The molecule has 1 aliphatic heterocycles. The lowest BCUT2D eigenvalue weighted by atomic mass is 9.85. The van der Waals surface area contributed by atoms with Crippen LogP contribution in [0.5, 0.6) is 0 Å². The molecule has 0 amide bonds. The first-order valence-electron chi connectivity index (χ1n) is 9.17. The maximum Gasteiger partial charge on any atom is 0.0787 e. The summed E-state index contributed by atoms with van der Waals surface area (Å²) >= 11 is 1.92. The number of hydrogen-bond donors (Lipinski definition) is 0. The number of nitrogens with zero attached hydrogens (tertiary/aromatic N) is 1. The maximum absolute atomic E-state index is 4.44. The summed E-state index contributed by atoms with van der Waals surface area (Å²) in [5, 5.41) is 4.05. The van der Waals surface area contributed by atoms with E-state index < -0.39 is 0 Å². The molecule has 1 fully saturated rings. The summed E-state index contributed by atoms with van der Waals surface area (Å²) < 4.78 is 0. The summed E-state index contributed by atoms with van der Waals surface area (Å²) in [7, 11) is 0. The standard InChI is InChI=1S/C23H25NS/c1-5-24-16(4)22(25-23(24)15(2)3)20-12-8-11-19-13-17-9-6-7-10-18(17)14-21(19)20/h6-7,9-10,13-14H,4-5,8,11-12H2,1-3H3/b22-20+. The third kappa shape index (κ3) is 2.73. The fourth-order valence-corrected chi connectivity index (χ4v) is 5.31. The van der Waals surface area contributed by atoms with Crippen LogP contribution in [-0.2, 0) is 6.42 Å². The summed E-state index contributed by atoms with van der Waals surface area (Å²) in [5.41, 5.74) is 6.99. The van der Waals surface area contributed by atoms with Gasteiger partial charge in [0.15, 0.2) is 0 Å². The van der Waals surface area contributed by atoms with Crippen LogP contribution in [0.1, 0.15) is 44.7 Å². The zero-order chi connectivity index (χ0) is 17.6. The molecular weight excluding hydrogens is 322 g/mol. The Morgan fingerprint density at radius 2 is 1.84 bits per heavy atom. The number of allylic oxidation sites excluding steroid dienone is 2. The van der Waals surface area contributed by atoms with Gasteiger partial charge in [0.1, 0.15) is 0 Å². The molecule has 0 unspecified atom stereocenters. The number of benzene rings is 2. The van der Waals surface area contributed by atoms with E-state index in [1.165, 1.54) is 61.5 Å². The molecule has 128 valence electrons. The zero-order valence-corrected chi connectivity index (χ0v) is 16.2. The van der Waals surface area contributed by atoms with Crippen molar-refractivity contribution in [3.05, 3.63) is 75.3 Å². The Kier molecular flexibility index (Phi) is 4.24. The molecule has 2 aromatic rings. The number of rotatable bonds is 1. The Labute approximate surface area is 155 Å². The summed E-state index contributed by atoms with van der Waals surface area (Å²) in [6, 6.07) is 13.5. The Hall–Kier alpha value is -1.93. The first-order valence-corrected chi connectivity index (χ1v) is 9.99. The molecule has 1 saturated heterocycles. The summed E-state index contributed by atoms with van der Waals surface area (Å²) in [5.74, 6) is 0. The maximum atomic E-state index is 4.44. The van der Waals surface area contributed by atoms with Crippen molar-refractivity contribution in [3.63, 3.8) is 0 Å². The molecule has 0 bridgehead atoms. The minimum Gasteiger partial charge on any atom is -0.336 e. The molecule has 2 heteroatoms. The van der Waals surface area contributed by atoms with Gasteiger partial charge < -0.3 is 4.90 Å². The lowest BCUT2D eigenvalue weighted by molar-refractivity contribution is 0.500. The zero-order valence-electron chi connectivity index (χ0n) is 15.4. The molecule has 2 aromatic carbocycles. The van der Waals surface area contributed by atoms with Crippen molar-refractivity contribution in [1.29, 1.82) is 0 Å². The van der Waals surface area contributed by atoms with Gasteiger partial charge in [-0.15, -0.1) is 0 Å². The fourth-order valence-electron chi connectivity index (χ4n) is 4.00. The smallest absolute Gasteiger partial charge is 0.0787 e. The van der Waals surface area contributed by atoms with E-state index in [4.69, 9.17) is 0 Å². The number of aryl methyl sites for hydroxylation is 1. The third-order valence-corrected chi connectivity index (χ3v) is 6.73. The predicted octanol–water partition coefficient (Wildman–Crippen LogP) is 6.72. The van der Waals surface area contributed by atoms with Crippen LogP contribution in [0.15, 0.2) is 64.2 Å². The number of likely N-dealkylation sites (N-methyl/N-ethyl adjacent to an activating group) is 1. The van der Waals surface area contributed by atoms with Gasteiger partial charge in [0.25, 0.3) is 0 Å². The molecule has 0 saturated carbocycles. The van der Waals surface area contributed by atoms with Crippen molar-refractivity contribution >= 4 is 28.1 Å². The molecule has 0 atom stereocenters. The van der Waals surface area contributed by atoms with Crippen LogP contribution in [0, 0.1) is 0 Å². The van der Waals surface area contributed by atoms with Crippen molar-refractivity contribution in [2.75, 3.05) is 6.54 Å². The van der Waals surface area contributed by atoms with Crippen LogP contribution in [0.4, 0.5) is 0 Å². The molecular formula is C23H25NS. The Morgan fingerprint density at radius 3 is 2.48 bits per heavy atom. The van der Waals surface area contributed by atoms with E-state index in [2.05, 4.69) is 68.6 Å². The van der Waals surface area contributed by atoms with E-state index in [0.29, 0.717) is 0 Å². The quantitative estimate of drug-likeness (QED) is 0.563.